The van der Waals surface area contributed by atoms with Gasteiger partial charge in [-0.2, -0.15) is 0 Å². The van der Waals surface area contributed by atoms with Crippen molar-refractivity contribution in [3.8, 4) is 5.75 Å². The van der Waals surface area contributed by atoms with Crippen LogP contribution in [0.15, 0.2) is 71.0 Å². The normalized spacial score (nSPS) is 11.6. The summed E-state index contributed by atoms with van der Waals surface area (Å²) in [7, 11) is -7.60. The van der Waals surface area contributed by atoms with Crippen LogP contribution in [0.3, 0.4) is 0 Å². The fourth-order valence-electron chi connectivity index (χ4n) is 2.24. The van der Waals surface area contributed by atoms with Gasteiger partial charge in [-0.15, -0.1) is 4.13 Å². The maximum atomic E-state index is 12.7. The molecule has 0 aliphatic heterocycles. The quantitative estimate of drug-likeness (QED) is 0.631. The van der Waals surface area contributed by atoms with Gasteiger partial charge >= 0.3 is 0 Å². The Kier molecular flexibility index (Phi) is 6.37. The number of para-hydroxylation sites is 1. The minimum Gasteiger partial charge on any atom is -0.495 e. The fourth-order valence-corrected chi connectivity index (χ4v) is 5.53. The Morgan fingerprint density at radius 2 is 1.56 bits per heavy atom. The van der Waals surface area contributed by atoms with E-state index >= 15 is 0 Å². The number of methoxy groups -OCH3 is 1. The topological polar surface area (TPSA) is 119 Å². The van der Waals surface area contributed by atoms with Gasteiger partial charge in [-0.25, -0.2) is 16.8 Å². The molecular weight excluding hydrogens is 392 g/mol. The van der Waals surface area contributed by atoms with Gasteiger partial charge in [0.1, 0.15) is 10.6 Å². The van der Waals surface area contributed by atoms with E-state index in [1.807, 2.05) is 0 Å². The van der Waals surface area contributed by atoms with Crippen molar-refractivity contribution in [3.63, 3.8) is 0 Å². The maximum absolute atomic E-state index is 12.7. The van der Waals surface area contributed by atoms with Crippen LogP contribution in [0.4, 0.5) is 0 Å². The number of rotatable bonds is 8. The second-order valence-electron chi connectivity index (χ2n) is 5.27. The number of hydrogen-bond acceptors (Lipinski definition) is 6. The molecule has 144 valence electrons. The standard InChI is InChI=1S/C17H18N2O6S2/c1-3-17(20)18-12-13-8-4-6-10-15(13)26(21,22)19-27(23,24)16-11-7-5-9-14(16)25-2/h3-11,19H,1,12H2,2H3,(H,18,20). The van der Waals surface area contributed by atoms with Crippen molar-refractivity contribution < 1.29 is 26.4 Å². The zero-order valence-corrected chi connectivity index (χ0v) is 16.0. The van der Waals surface area contributed by atoms with Crippen molar-refractivity contribution in [1.82, 2.24) is 9.44 Å². The van der Waals surface area contributed by atoms with Crippen LogP contribution in [0.2, 0.25) is 0 Å². The average Bonchev–Trinajstić information content (AvgIpc) is 2.65. The first-order valence-electron chi connectivity index (χ1n) is 7.61. The average molecular weight is 410 g/mol. The van der Waals surface area contributed by atoms with Gasteiger partial charge in [-0.05, 0) is 29.8 Å². The minimum absolute atomic E-state index is 0.00623. The number of ether oxygens (including phenoxy) is 1. The third-order valence-corrected chi connectivity index (χ3v) is 7.13. The summed E-state index contributed by atoms with van der Waals surface area (Å²) >= 11 is 0. The molecule has 2 N–H and O–H groups in total. The third kappa shape index (κ3) is 4.94. The van der Waals surface area contributed by atoms with Gasteiger partial charge in [-0.1, -0.05) is 36.9 Å². The van der Waals surface area contributed by atoms with Crippen molar-refractivity contribution in [2.24, 2.45) is 0 Å². The van der Waals surface area contributed by atoms with Crippen LogP contribution in [0.1, 0.15) is 5.56 Å². The van der Waals surface area contributed by atoms with Gasteiger partial charge in [0.15, 0.2) is 0 Å². The second kappa shape index (κ2) is 8.33. The molecule has 27 heavy (non-hydrogen) atoms. The SMILES string of the molecule is C=CC(=O)NCc1ccccc1S(=O)(=O)NS(=O)(=O)c1ccccc1OC. The highest BCUT2D eigenvalue weighted by Gasteiger charge is 2.28. The van der Waals surface area contributed by atoms with Gasteiger partial charge in [0.25, 0.3) is 20.0 Å². The first kappa shape index (κ1) is 20.6. The summed E-state index contributed by atoms with van der Waals surface area (Å²) in [4.78, 5) is 10.7. The van der Waals surface area contributed by atoms with E-state index in [4.69, 9.17) is 4.74 Å². The van der Waals surface area contributed by atoms with E-state index in [-0.39, 0.29) is 27.6 Å². The molecule has 0 aliphatic carbocycles. The Morgan fingerprint density at radius 1 is 1.00 bits per heavy atom. The van der Waals surface area contributed by atoms with Crippen LogP contribution in [-0.2, 0) is 31.4 Å². The van der Waals surface area contributed by atoms with Crippen LogP contribution < -0.4 is 14.2 Å². The molecule has 0 heterocycles. The highest BCUT2D eigenvalue weighted by atomic mass is 32.3. The number of amides is 1. The molecule has 0 unspecified atom stereocenters. The number of hydrogen-bond donors (Lipinski definition) is 2. The number of benzene rings is 2. The van der Waals surface area contributed by atoms with Crippen LogP contribution >= 0.6 is 0 Å². The molecule has 0 radical (unpaired) electrons. The molecule has 2 aromatic rings. The maximum Gasteiger partial charge on any atom is 0.257 e. The van der Waals surface area contributed by atoms with Gasteiger partial charge in [0.05, 0.1) is 12.0 Å². The molecule has 0 aromatic heterocycles. The van der Waals surface area contributed by atoms with Crippen LogP contribution in [-0.4, -0.2) is 29.9 Å². The molecule has 0 atom stereocenters. The molecule has 0 spiro atoms. The van der Waals surface area contributed by atoms with Gasteiger partial charge < -0.3 is 10.1 Å². The summed E-state index contributed by atoms with van der Waals surface area (Å²) in [6.45, 7) is 3.19. The van der Waals surface area contributed by atoms with E-state index in [1.165, 1.54) is 43.5 Å². The van der Waals surface area contributed by atoms with Gasteiger partial charge in [0.2, 0.25) is 5.91 Å². The molecule has 2 aromatic carbocycles. The summed E-state index contributed by atoms with van der Waals surface area (Å²) in [5, 5.41) is 2.46. The number of carbonyl (C=O) groups excluding carboxylic acids is 1. The number of carbonyl (C=O) groups is 1. The lowest BCUT2D eigenvalue weighted by molar-refractivity contribution is -0.116. The van der Waals surface area contributed by atoms with Crippen LogP contribution in [0.25, 0.3) is 0 Å². The number of sulfonamides is 2. The van der Waals surface area contributed by atoms with E-state index in [2.05, 4.69) is 11.9 Å². The van der Waals surface area contributed by atoms with E-state index in [0.717, 1.165) is 6.08 Å². The van der Waals surface area contributed by atoms with E-state index < -0.39 is 26.0 Å². The second-order valence-corrected chi connectivity index (χ2v) is 8.83. The van der Waals surface area contributed by atoms with Crippen LogP contribution in [0, 0.1) is 0 Å². The Balaban J connectivity index is 2.39. The Morgan fingerprint density at radius 3 is 2.19 bits per heavy atom. The summed E-state index contributed by atoms with van der Waals surface area (Å²) in [5.74, 6) is -0.483. The predicted molar refractivity (Wildman–Crippen MR) is 99.0 cm³/mol. The largest absolute Gasteiger partial charge is 0.495 e. The molecule has 0 aliphatic rings. The highest BCUT2D eigenvalue weighted by Crippen LogP contribution is 2.24. The summed E-state index contributed by atoms with van der Waals surface area (Å²) in [6, 6.07) is 11.4. The fraction of sp³-hybridized carbons (Fsp3) is 0.118. The van der Waals surface area contributed by atoms with Gasteiger partial charge in [-0.3, -0.25) is 4.79 Å². The van der Waals surface area contributed by atoms with Crippen molar-refractivity contribution in [2.75, 3.05) is 7.11 Å². The van der Waals surface area contributed by atoms with Crippen molar-refractivity contribution in [2.45, 2.75) is 16.3 Å². The minimum atomic E-state index is -4.45. The lowest BCUT2D eigenvalue weighted by atomic mass is 10.2. The molecule has 0 bridgehead atoms. The first-order chi connectivity index (χ1) is 12.7. The lowest BCUT2D eigenvalue weighted by Gasteiger charge is -2.13. The molecule has 1 amide bonds. The summed E-state index contributed by atoms with van der Waals surface area (Å²) in [5.41, 5.74) is 0.218. The van der Waals surface area contributed by atoms with Crippen LogP contribution in [0.5, 0.6) is 5.75 Å². The Labute approximate surface area is 158 Å². The Hall–Kier alpha value is -2.69. The molecular formula is C17H18N2O6S2. The molecule has 2 rings (SSSR count). The molecule has 10 heteroatoms. The third-order valence-electron chi connectivity index (χ3n) is 3.48. The zero-order valence-electron chi connectivity index (χ0n) is 14.4. The smallest absolute Gasteiger partial charge is 0.257 e. The monoisotopic (exact) mass is 410 g/mol. The van der Waals surface area contributed by atoms with Crippen molar-refractivity contribution in [3.05, 3.63) is 66.7 Å². The molecule has 0 saturated carbocycles. The van der Waals surface area contributed by atoms with Crippen molar-refractivity contribution in [1.29, 1.82) is 0 Å². The first-order valence-corrected chi connectivity index (χ1v) is 10.6. The van der Waals surface area contributed by atoms with Crippen molar-refractivity contribution >= 4 is 26.0 Å². The van der Waals surface area contributed by atoms with E-state index in [1.54, 1.807) is 16.3 Å². The van der Waals surface area contributed by atoms with Gasteiger partial charge in [0, 0.05) is 6.54 Å². The predicted octanol–water partition coefficient (Wildman–Crippen LogP) is 1.16. The highest BCUT2D eigenvalue weighted by molar-refractivity contribution is 8.04. The summed E-state index contributed by atoms with van der Waals surface area (Å²) < 4.78 is 57.2. The van der Waals surface area contributed by atoms with E-state index in [0.29, 0.717) is 0 Å². The zero-order chi connectivity index (χ0) is 20.1. The summed E-state index contributed by atoms with van der Waals surface area (Å²) in [6.07, 6.45) is 1.04. The lowest BCUT2D eigenvalue weighted by Crippen LogP contribution is -2.32. The Bertz CT molecular complexity index is 1060. The number of nitrogens with one attached hydrogen (secondary N) is 2. The molecule has 8 nitrogen and oxygen atoms in total. The molecule has 0 fully saturated rings. The van der Waals surface area contributed by atoms with E-state index in [9.17, 15) is 21.6 Å². The molecule has 0 saturated heterocycles.